The summed E-state index contributed by atoms with van der Waals surface area (Å²) in [4.78, 5) is 0. The van der Waals surface area contributed by atoms with E-state index in [1.54, 1.807) is 6.07 Å². The van der Waals surface area contributed by atoms with Crippen molar-refractivity contribution in [3.63, 3.8) is 0 Å². The van der Waals surface area contributed by atoms with Crippen LogP contribution in [0.5, 0.6) is 11.5 Å². The number of ether oxygens (including phenoxy) is 1. The van der Waals surface area contributed by atoms with E-state index in [0.717, 1.165) is 16.9 Å². The summed E-state index contributed by atoms with van der Waals surface area (Å²) >= 11 is 3.30. The molecular weight excluding hydrogens is 308 g/mol. The molecule has 2 aromatic carbocycles. The molecule has 0 amide bonds. The normalized spacial score (nSPS) is 20.9. The van der Waals surface area contributed by atoms with Crippen molar-refractivity contribution in [2.75, 3.05) is 6.61 Å². The Morgan fingerprint density at radius 1 is 1.16 bits per heavy atom. The Balaban J connectivity index is 2.00. The first-order valence-corrected chi connectivity index (χ1v) is 6.85. The maximum Gasteiger partial charge on any atom is 0.133 e. The standard InChI is InChI=1S/C15H13BrO3/c16-12-7-9(5-6-13(12)18)15-11(8-17)10-3-1-2-4-14(10)19-15/h1-7,11,15,17-18H,8H2/t11-,15+/m0/s1. The first kappa shape index (κ1) is 12.5. The number of phenolic OH excluding ortho intramolecular Hbond substituents is 1. The van der Waals surface area contributed by atoms with Crippen molar-refractivity contribution >= 4 is 15.9 Å². The molecule has 0 radical (unpaired) electrons. The number of aliphatic hydroxyl groups is 1. The van der Waals surface area contributed by atoms with Crippen LogP contribution in [0.1, 0.15) is 23.1 Å². The summed E-state index contributed by atoms with van der Waals surface area (Å²) < 4.78 is 6.56. The average Bonchev–Trinajstić information content (AvgIpc) is 2.80. The predicted molar refractivity (Wildman–Crippen MR) is 75.4 cm³/mol. The van der Waals surface area contributed by atoms with Gasteiger partial charge in [0.15, 0.2) is 0 Å². The zero-order valence-corrected chi connectivity index (χ0v) is 11.7. The number of phenols is 1. The molecular formula is C15H13BrO3. The van der Waals surface area contributed by atoms with E-state index in [1.807, 2.05) is 36.4 Å². The average molecular weight is 321 g/mol. The van der Waals surface area contributed by atoms with Gasteiger partial charge in [-0.3, -0.25) is 0 Å². The highest BCUT2D eigenvalue weighted by Crippen LogP contribution is 2.46. The summed E-state index contributed by atoms with van der Waals surface area (Å²) in [5.41, 5.74) is 1.96. The molecule has 1 aliphatic rings. The second-order valence-corrected chi connectivity index (χ2v) is 5.43. The van der Waals surface area contributed by atoms with Crippen molar-refractivity contribution in [1.82, 2.24) is 0 Å². The van der Waals surface area contributed by atoms with Gasteiger partial charge in [0.05, 0.1) is 17.0 Å². The summed E-state index contributed by atoms with van der Waals surface area (Å²) in [6, 6.07) is 13.0. The molecule has 3 nitrogen and oxygen atoms in total. The summed E-state index contributed by atoms with van der Waals surface area (Å²) in [5.74, 6) is 0.934. The minimum atomic E-state index is -0.223. The Morgan fingerprint density at radius 2 is 1.95 bits per heavy atom. The third-order valence-corrected chi connectivity index (χ3v) is 4.07. The van der Waals surface area contributed by atoms with Crippen molar-refractivity contribution in [2.45, 2.75) is 12.0 Å². The largest absolute Gasteiger partial charge is 0.507 e. The van der Waals surface area contributed by atoms with Crippen LogP contribution in [0.3, 0.4) is 0 Å². The highest BCUT2D eigenvalue weighted by atomic mass is 79.9. The lowest BCUT2D eigenvalue weighted by Crippen LogP contribution is -2.13. The fourth-order valence-corrected chi connectivity index (χ4v) is 2.87. The van der Waals surface area contributed by atoms with Crippen molar-refractivity contribution in [2.24, 2.45) is 0 Å². The quantitative estimate of drug-likeness (QED) is 0.892. The lowest BCUT2D eigenvalue weighted by molar-refractivity contribution is 0.160. The minimum absolute atomic E-state index is 0.0280. The van der Waals surface area contributed by atoms with E-state index in [9.17, 15) is 10.2 Å². The molecule has 0 unspecified atom stereocenters. The van der Waals surface area contributed by atoms with Gasteiger partial charge in [0.2, 0.25) is 0 Å². The molecule has 0 spiro atoms. The maximum atomic E-state index is 9.63. The molecule has 2 atom stereocenters. The lowest BCUT2D eigenvalue weighted by Gasteiger charge is -2.18. The monoisotopic (exact) mass is 320 g/mol. The molecule has 19 heavy (non-hydrogen) atoms. The molecule has 3 rings (SSSR count). The van der Waals surface area contributed by atoms with Crippen LogP contribution < -0.4 is 4.74 Å². The zero-order valence-electron chi connectivity index (χ0n) is 10.1. The molecule has 0 aliphatic carbocycles. The van der Waals surface area contributed by atoms with Crippen LogP contribution in [-0.4, -0.2) is 16.8 Å². The van der Waals surface area contributed by atoms with Crippen LogP contribution in [0.25, 0.3) is 0 Å². The predicted octanol–water partition coefficient (Wildman–Crippen LogP) is 3.36. The van der Waals surface area contributed by atoms with Crippen LogP contribution in [0.4, 0.5) is 0 Å². The summed E-state index contributed by atoms with van der Waals surface area (Å²) in [5, 5.41) is 19.2. The summed E-state index contributed by atoms with van der Waals surface area (Å²) in [7, 11) is 0. The molecule has 4 heteroatoms. The molecule has 0 saturated carbocycles. The lowest BCUT2D eigenvalue weighted by atomic mass is 9.92. The van der Waals surface area contributed by atoms with Crippen LogP contribution in [-0.2, 0) is 0 Å². The van der Waals surface area contributed by atoms with E-state index in [-0.39, 0.29) is 24.4 Å². The van der Waals surface area contributed by atoms with Gasteiger partial charge in [-0.1, -0.05) is 24.3 Å². The number of benzene rings is 2. The summed E-state index contributed by atoms with van der Waals surface area (Å²) in [6.07, 6.45) is -0.223. The van der Waals surface area contributed by atoms with Crippen LogP contribution in [0.2, 0.25) is 0 Å². The third kappa shape index (κ3) is 2.11. The Morgan fingerprint density at radius 3 is 2.68 bits per heavy atom. The number of aromatic hydroxyl groups is 1. The van der Waals surface area contributed by atoms with E-state index in [4.69, 9.17) is 4.74 Å². The van der Waals surface area contributed by atoms with Crippen LogP contribution >= 0.6 is 15.9 Å². The van der Waals surface area contributed by atoms with E-state index in [2.05, 4.69) is 15.9 Å². The van der Waals surface area contributed by atoms with Gasteiger partial charge >= 0.3 is 0 Å². The maximum absolute atomic E-state index is 9.63. The first-order chi connectivity index (χ1) is 9.20. The van der Waals surface area contributed by atoms with E-state index >= 15 is 0 Å². The van der Waals surface area contributed by atoms with E-state index < -0.39 is 0 Å². The van der Waals surface area contributed by atoms with Crippen molar-refractivity contribution < 1.29 is 14.9 Å². The van der Waals surface area contributed by atoms with Gasteiger partial charge in [-0.15, -0.1) is 0 Å². The van der Waals surface area contributed by atoms with Crippen molar-refractivity contribution in [1.29, 1.82) is 0 Å². The Bertz CT molecular complexity index is 612. The fourth-order valence-electron chi connectivity index (χ4n) is 2.47. The molecule has 0 bridgehead atoms. The second-order valence-electron chi connectivity index (χ2n) is 4.58. The van der Waals surface area contributed by atoms with Gasteiger partial charge < -0.3 is 14.9 Å². The Labute approximate surface area is 119 Å². The van der Waals surface area contributed by atoms with Gasteiger partial charge in [0.25, 0.3) is 0 Å². The number of aliphatic hydroxyl groups excluding tert-OH is 1. The first-order valence-electron chi connectivity index (χ1n) is 6.05. The van der Waals surface area contributed by atoms with Gasteiger partial charge in [-0.25, -0.2) is 0 Å². The van der Waals surface area contributed by atoms with Crippen molar-refractivity contribution in [3.8, 4) is 11.5 Å². The Hall–Kier alpha value is -1.52. The topological polar surface area (TPSA) is 49.7 Å². The highest BCUT2D eigenvalue weighted by Gasteiger charge is 2.34. The third-order valence-electron chi connectivity index (χ3n) is 3.43. The van der Waals surface area contributed by atoms with Gasteiger partial charge in [-0.2, -0.15) is 0 Å². The molecule has 1 aliphatic heterocycles. The molecule has 0 saturated heterocycles. The number of para-hydroxylation sites is 1. The molecule has 2 aromatic rings. The second kappa shape index (κ2) is 4.87. The molecule has 1 heterocycles. The van der Waals surface area contributed by atoms with Gasteiger partial charge in [-0.05, 0) is 39.7 Å². The van der Waals surface area contributed by atoms with E-state index in [1.165, 1.54) is 0 Å². The number of rotatable bonds is 2. The molecule has 2 N–H and O–H groups in total. The highest BCUT2D eigenvalue weighted by molar-refractivity contribution is 9.10. The number of hydrogen-bond donors (Lipinski definition) is 2. The SMILES string of the molecule is OC[C@H]1c2ccccc2O[C@@H]1c1ccc(O)c(Br)c1. The summed E-state index contributed by atoms with van der Waals surface area (Å²) in [6.45, 7) is 0.0280. The van der Waals surface area contributed by atoms with Gasteiger partial charge in [0.1, 0.15) is 17.6 Å². The molecule has 0 fully saturated rings. The number of halogens is 1. The van der Waals surface area contributed by atoms with E-state index in [0.29, 0.717) is 4.47 Å². The zero-order chi connectivity index (χ0) is 13.4. The van der Waals surface area contributed by atoms with Crippen LogP contribution in [0.15, 0.2) is 46.9 Å². The molecule has 98 valence electrons. The number of hydrogen-bond acceptors (Lipinski definition) is 3. The van der Waals surface area contributed by atoms with Crippen LogP contribution in [0, 0.1) is 0 Å². The Kier molecular flexibility index (Phi) is 3.21. The minimum Gasteiger partial charge on any atom is -0.507 e. The number of fused-ring (bicyclic) bond motifs is 1. The fraction of sp³-hybridized carbons (Fsp3) is 0.200. The molecule has 0 aromatic heterocycles. The van der Waals surface area contributed by atoms with Crippen molar-refractivity contribution in [3.05, 3.63) is 58.1 Å². The van der Waals surface area contributed by atoms with Gasteiger partial charge in [0, 0.05) is 5.56 Å². The smallest absolute Gasteiger partial charge is 0.133 e.